The van der Waals surface area contributed by atoms with E-state index in [1.54, 1.807) is 0 Å². The average Bonchev–Trinajstić information content (AvgIpc) is 2.10. The summed E-state index contributed by atoms with van der Waals surface area (Å²) in [7, 11) is -5.18. The first-order valence-electron chi connectivity index (χ1n) is 3.83. The fourth-order valence-electron chi connectivity index (χ4n) is 0.683. The van der Waals surface area contributed by atoms with E-state index in [-0.39, 0.29) is 65.5 Å². The minimum atomic E-state index is -5.18. The van der Waals surface area contributed by atoms with Crippen LogP contribution in [0.1, 0.15) is 13.3 Å². The Morgan fingerprint density at radius 3 is 2.12 bits per heavy atom. The third-order valence-corrected chi connectivity index (χ3v) is 1.91. The molecule has 0 aliphatic carbocycles. The average molecular weight is 272 g/mol. The Morgan fingerprint density at radius 1 is 1.38 bits per heavy atom. The van der Waals surface area contributed by atoms with Crippen LogP contribution in [-0.4, -0.2) is 34.8 Å². The largest absolute Gasteiger partial charge is 1.00 e. The standard InChI is InChI=1S/C6H13O7P.2Na/c1-2-4(7)6(9)5(8)3-13-14(10,11)12;;/h5-6,8-9H,2-3H2,1H3,(H2,10,11,12);;/q;2*+1/p-2/t5-,6-;;/m1../s1. The molecule has 10 heteroatoms. The Balaban J connectivity index is -0.000000845. The van der Waals surface area contributed by atoms with Gasteiger partial charge in [0.25, 0.3) is 0 Å². The first kappa shape index (κ1) is 22.8. The number of ketones is 1. The van der Waals surface area contributed by atoms with Gasteiger partial charge in [-0.1, -0.05) is 6.92 Å². The zero-order valence-electron chi connectivity index (χ0n) is 9.45. The number of Topliss-reactive ketones (excluding diaryl/α,β-unsaturated/α-hetero) is 1. The second-order valence-corrected chi connectivity index (χ2v) is 3.73. The van der Waals surface area contributed by atoms with E-state index in [0.29, 0.717) is 0 Å². The van der Waals surface area contributed by atoms with Gasteiger partial charge in [0.15, 0.2) is 5.78 Å². The number of phosphoric ester groups is 1. The molecule has 0 unspecified atom stereocenters. The molecular formula is C6H11Na2O7P. The molecule has 16 heavy (non-hydrogen) atoms. The first-order chi connectivity index (χ1) is 6.28. The molecule has 84 valence electrons. The van der Waals surface area contributed by atoms with Crippen molar-refractivity contribution in [2.45, 2.75) is 25.6 Å². The van der Waals surface area contributed by atoms with Crippen molar-refractivity contribution in [1.82, 2.24) is 0 Å². The number of hydrogen-bond donors (Lipinski definition) is 2. The topological polar surface area (TPSA) is 130 Å². The molecule has 0 rings (SSSR count). The molecule has 0 aliphatic heterocycles. The van der Waals surface area contributed by atoms with Crippen molar-refractivity contribution >= 4 is 13.6 Å². The summed E-state index contributed by atoms with van der Waals surface area (Å²) in [6, 6.07) is 0. The molecule has 0 spiro atoms. The molecule has 0 aromatic heterocycles. The van der Waals surface area contributed by atoms with Crippen molar-refractivity contribution in [3.05, 3.63) is 0 Å². The Hall–Kier alpha value is 1.70. The summed E-state index contributed by atoms with van der Waals surface area (Å²) in [5, 5.41) is 18.0. The number of phosphoric acid groups is 1. The molecule has 0 bridgehead atoms. The molecule has 0 amide bonds. The number of hydrogen-bond acceptors (Lipinski definition) is 7. The van der Waals surface area contributed by atoms with E-state index in [1.165, 1.54) is 6.92 Å². The zero-order valence-corrected chi connectivity index (χ0v) is 14.3. The summed E-state index contributed by atoms with van der Waals surface area (Å²) in [5.74, 6) is -0.660. The number of aliphatic hydroxyl groups is 2. The van der Waals surface area contributed by atoms with E-state index in [2.05, 4.69) is 4.52 Å². The van der Waals surface area contributed by atoms with Crippen molar-refractivity contribution in [1.29, 1.82) is 0 Å². The van der Waals surface area contributed by atoms with Crippen molar-refractivity contribution in [3.63, 3.8) is 0 Å². The van der Waals surface area contributed by atoms with Gasteiger partial charge in [-0.05, 0) is 0 Å². The zero-order chi connectivity index (χ0) is 11.4. The van der Waals surface area contributed by atoms with Crippen LogP contribution in [0.2, 0.25) is 0 Å². The van der Waals surface area contributed by atoms with Gasteiger partial charge in [0, 0.05) is 6.42 Å². The first-order valence-corrected chi connectivity index (χ1v) is 5.29. The number of aliphatic hydroxyl groups excluding tert-OH is 2. The maximum atomic E-state index is 10.8. The van der Waals surface area contributed by atoms with E-state index in [1.807, 2.05) is 0 Å². The maximum Gasteiger partial charge on any atom is 1.00 e. The summed E-state index contributed by atoms with van der Waals surface area (Å²) in [6.45, 7) is 0.544. The molecule has 2 atom stereocenters. The van der Waals surface area contributed by atoms with Gasteiger partial charge in [0.1, 0.15) is 12.2 Å². The van der Waals surface area contributed by atoms with Gasteiger partial charge in [-0.15, -0.1) is 0 Å². The SMILES string of the molecule is CCC(=O)[C@@H](O)[C@H](O)COP(=O)([O-])[O-].[Na+].[Na+]. The summed E-state index contributed by atoms with van der Waals surface area (Å²) >= 11 is 0. The smallest absolute Gasteiger partial charge is 0.790 e. The van der Waals surface area contributed by atoms with Crippen molar-refractivity contribution < 1.29 is 93.0 Å². The van der Waals surface area contributed by atoms with E-state index in [4.69, 9.17) is 10.2 Å². The minimum Gasteiger partial charge on any atom is -0.790 e. The van der Waals surface area contributed by atoms with Gasteiger partial charge in [0.2, 0.25) is 0 Å². The fourth-order valence-corrected chi connectivity index (χ4v) is 1.02. The van der Waals surface area contributed by atoms with Crippen LogP contribution in [-0.2, 0) is 13.9 Å². The molecule has 7 nitrogen and oxygen atoms in total. The van der Waals surface area contributed by atoms with Crippen LogP contribution in [0.25, 0.3) is 0 Å². The molecular weight excluding hydrogens is 261 g/mol. The maximum absolute atomic E-state index is 10.8. The van der Waals surface area contributed by atoms with Gasteiger partial charge in [-0.3, -0.25) is 4.79 Å². The molecule has 0 heterocycles. The Bertz CT molecular complexity index is 243. The van der Waals surface area contributed by atoms with Crippen molar-refractivity contribution in [2.75, 3.05) is 6.61 Å². The third-order valence-electron chi connectivity index (χ3n) is 1.45. The van der Waals surface area contributed by atoms with E-state index >= 15 is 0 Å². The predicted molar refractivity (Wildman–Crippen MR) is 40.9 cm³/mol. The quantitative estimate of drug-likeness (QED) is 0.362. The summed E-state index contributed by atoms with van der Waals surface area (Å²) in [5.41, 5.74) is 0. The Morgan fingerprint density at radius 2 is 1.81 bits per heavy atom. The molecule has 0 aromatic carbocycles. The van der Waals surface area contributed by atoms with Crippen LogP contribution in [0.15, 0.2) is 0 Å². The molecule has 2 N–H and O–H groups in total. The number of carbonyl (C=O) groups is 1. The number of rotatable bonds is 6. The molecule has 0 aromatic rings. The summed E-state index contributed by atoms with van der Waals surface area (Å²) < 4.78 is 13.7. The summed E-state index contributed by atoms with van der Waals surface area (Å²) in [6.07, 6.45) is -3.45. The molecule has 0 aliphatic rings. The number of carbonyl (C=O) groups excluding carboxylic acids is 1. The van der Waals surface area contributed by atoms with Gasteiger partial charge in [0.05, 0.1) is 14.4 Å². The Labute approximate surface area is 137 Å². The minimum absolute atomic E-state index is 0. The van der Waals surface area contributed by atoms with Gasteiger partial charge in [-0.25, -0.2) is 0 Å². The molecule has 0 saturated heterocycles. The monoisotopic (exact) mass is 272 g/mol. The fraction of sp³-hybridized carbons (Fsp3) is 0.833. The van der Waals surface area contributed by atoms with Crippen molar-refractivity contribution in [2.24, 2.45) is 0 Å². The molecule has 0 saturated carbocycles. The Kier molecular flexibility index (Phi) is 15.1. The van der Waals surface area contributed by atoms with Crippen LogP contribution in [0.3, 0.4) is 0 Å². The second-order valence-electron chi connectivity index (χ2n) is 2.58. The van der Waals surface area contributed by atoms with Crippen LogP contribution in [0.4, 0.5) is 0 Å². The third kappa shape index (κ3) is 10.8. The van der Waals surface area contributed by atoms with Gasteiger partial charge >= 0.3 is 59.1 Å². The summed E-state index contributed by atoms with van der Waals surface area (Å²) in [4.78, 5) is 30.7. The van der Waals surface area contributed by atoms with Gasteiger partial charge in [-0.2, -0.15) is 0 Å². The van der Waals surface area contributed by atoms with Crippen LogP contribution in [0.5, 0.6) is 0 Å². The van der Waals surface area contributed by atoms with Gasteiger partial charge < -0.3 is 29.1 Å². The predicted octanol–water partition coefficient (Wildman–Crippen LogP) is -8.46. The van der Waals surface area contributed by atoms with Crippen LogP contribution in [0, 0.1) is 0 Å². The van der Waals surface area contributed by atoms with Crippen molar-refractivity contribution in [3.8, 4) is 0 Å². The molecule has 0 fully saturated rings. The van der Waals surface area contributed by atoms with E-state index in [0.717, 1.165) is 0 Å². The van der Waals surface area contributed by atoms with Crippen LogP contribution >= 0.6 is 7.82 Å². The second kappa shape index (κ2) is 10.6. The van der Waals surface area contributed by atoms with E-state index < -0.39 is 32.4 Å². The van der Waals surface area contributed by atoms with Crippen LogP contribution < -0.4 is 68.9 Å². The normalized spacial score (nSPS) is 14.3. The van der Waals surface area contributed by atoms with E-state index in [9.17, 15) is 19.1 Å². The molecule has 0 radical (unpaired) electrons.